The van der Waals surface area contributed by atoms with Crippen LogP contribution in [0.25, 0.3) is 10.9 Å². The van der Waals surface area contributed by atoms with E-state index in [-0.39, 0.29) is 11.3 Å². The van der Waals surface area contributed by atoms with Crippen LogP contribution in [0.1, 0.15) is 41.0 Å². The average molecular weight is 625 g/mol. The number of nitrogens with one attached hydrogen (secondary N) is 4. The molecule has 0 bridgehead atoms. The van der Waals surface area contributed by atoms with Gasteiger partial charge in [0, 0.05) is 59.2 Å². The van der Waals surface area contributed by atoms with Crippen LogP contribution >= 0.6 is 15.9 Å². The number of hydrogen-bond donors (Lipinski definition) is 4. The molecule has 4 aromatic rings. The van der Waals surface area contributed by atoms with Gasteiger partial charge in [0.2, 0.25) is 10.0 Å². The number of rotatable bonds is 8. The molecular weight excluding hydrogens is 590 g/mol. The summed E-state index contributed by atoms with van der Waals surface area (Å²) < 4.78 is 26.5. The molecule has 8 nitrogen and oxygen atoms in total. The van der Waals surface area contributed by atoms with Crippen molar-refractivity contribution in [3.05, 3.63) is 93.6 Å². The predicted molar refractivity (Wildman–Crippen MR) is 166 cm³/mol. The molecule has 0 saturated carbocycles. The lowest BCUT2D eigenvalue weighted by Gasteiger charge is -2.29. The van der Waals surface area contributed by atoms with Crippen LogP contribution in [0.5, 0.6) is 0 Å². The molecule has 1 fully saturated rings. The number of nitrogens with zero attached hydrogens (tertiary/aromatic N) is 1. The molecule has 4 N–H and O–H groups in total. The second kappa shape index (κ2) is 11.4. The molecule has 1 aromatic heterocycles. The Labute approximate surface area is 243 Å². The fourth-order valence-electron chi connectivity index (χ4n) is 5.10. The number of anilines is 2. The summed E-state index contributed by atoms with van der Waals surface area (Å²) >= 11 is 3.64. The third-order valence-electron chi connectivity index (χ3n) is 7.31. The highest BCUT2D eigenvalue weighted by atomic mass is 79.9. The van der Waals surface area contributed by atoms with Gasteiger partial charge in [0.05, 0.1) is 11.9 Å². The van der Waals surface area contributed by atoms with Crippen molar-refractivity contribution in [1.82, 2.24) is 15.2 Å². The first-order chi connectivity index (χ1) is 19.0. The minimum absolute atomic E-state index is 0.284. The maximum atomic E-state index is 13.2. The van der Waals surface area contributed by atoms with Crippen molar-refractivity contribution < 1.29 is 13.2 Å². The molecular formula is C30H34BrN5O3S. The lowest BCUT2D eigenvalue weighted by molar-refractivity contribution is 0.102. The van der Waals surface area contributed by atoms with Gasteiger partial charge in [-0.05, 0) is 53.1 Å². The summed E-state index contributed by atoms with van der Waals surface area (Å²) in [6.45, 7) is 9.49. The van der Waals surface area contributed by atoms with E-state index in [4.69, 9.17) is 0 Å². The SMILES string of the molecule is CC(C)(c1cccc(CN2CCNCC2)c1)c1cc(Br)cc(NC(=O)c2cc3ccc(NS(C)(=O)=O)cc3[nH]2)c1. The number of piperazine rings is 1. The van der Waals surface area contributed by atoms with Crippen LogP contribution in [-0.2, 0) is 22.0 Å². The number of H-pyrrole nitrogens is 1. The molecule has 10 heteroatoms. The minimum atomic E-state index is -3.40. The number of aromatic nitrogens is 1. The quantitative estimate of drug-likeness (QED) is 0.213. The molecule has 3 aromatic carbocycles. The Bertz CT molecular complexity index is 1660. The normalized spacial score (nSPS) is 14.8. The first-order valence-electron chi connectivity index (χ1n) is 13.2. The topological polar surface area (TPSA) is 106 Å². The molecule has 40 heavy (non-hydrogen) atoms. The second-order valence-electron chi connectivity index (χ2n) is 10.9. The monoisotopic (exact) mass is 623 g/mol. The van der Waals surface area contributed by atoms with E-state index in [0.717, 1.165) is 54.4 Å². The molecule has 5 rings (SSSR count). The summed E-state index contributed by atoms with van der Waals surface area (Å²) in [6.07, 6.45) is 1.10. The number of fused-ring (bicyclic) bond motifs is 1. The number of benzene rings is 3. The highest BCUT2D eigenvalue weighted by Crippen LogP contribution is 2.35. The largest absolute Gasteiger partial charge is 0.350 e. The minimum Gasteiger partial charge on any atom is -0.350 e. The zero-order valence-corrected chi connectivity index (χ0v) is 25.2. The Morgan fingerprint density at radius 2 is 1.75 bits per heavy atom. The summed E-state index contributed by atoms with van der Waals surface area (Å²) in [6, 6.07) is 21.6. The van der Waals surface area contributed by atoms with Crippen molar-refractivity contribution in [3.63, 3.8) is 0 Å². The van der Waals surface area contributed by atoms with Crippen LogP contribution < -0.4 is 15.4 Å². The number of carbonyl (C=O) groups is 1. The van der Waals surface area contributed by atoms with Crippen molar-refractivity contribution in [2.45, 2.75) is 25.8 Å². The van der Waals surface area contributed by atoms with Crippen molar-refractivity contribution in [2.24, 2.45) is 0 Å². The number of carbonyl (C=O) groups excluding carboxylic acids is 1. The highest BCUT2D eigenvalue weighted by Gasteiger charge is 2.25. The summed E-state index contributed by atoms with van der Waals surface area (Å²) in [5.74, 6) is -0.284. The van der Waals surface area contributed by atoms with Crippen LogP contribution in [0.4, 0.5) is 11.4 Å². The van der Waals surface area contributed by atoms with E-state index >= 15 is 0 Å². The molecule has 1 aliphatic rings. The van der Waals surface area contributed by atoms with Gasteiger partial charge in [-0.15, -0.1) is 0 Å². The fraction of sp³-hybridized carbons (Fsp3) is 0.300. The van der Waals surface area contributed by atoms with Crippen LogP contribution in [0, 0.1) is 0 Å². The van der Waals surface area contributed by atoms with Gasteiger partial charge in [-0.3, -0.25) is 14.4 Å². The lowest BCUT2D eigenvalue weighted by Crippen LogP contribution is -2.42. The van der Waals surface area contributed by atoms with Gasteiger partial charge in [-0.2, -0.15) is 0 Å². The van der Waals surface area contributed by atoms with Crippen molar-refractivity contribution in [3.8, 4) is 0 Å². The molecule has 1 saturated heterocycles. The Kier molecular flexibility index (Phi) is 8.05. The summed E-state index contributed by atoms with van der Waals surface area (Å²) in [4.78, 5) is 18.8. The molecule has 2 heterocycles. The van der Waals surface area contributed by atoms with Gasteiger partial charge < -0.3 is 15.6 Å². The number of amides is 1. The number of hydrogen-bond acceptors (Lipinski definition) is 5. The first kappa shape index (κ1) is 28.4. The van der Waals surface area contributed by atoms with Crippen LogP contribution in [0.3, 0.4) is 0 Å². The van der Waals surface area contributed by atoms with E-state index < -0.39 is 10.0 Å². The Morgan fingerprint density at radius 3 is 2.50 bits per heavy atom. The Morgan fingerprint density at radius 1 is 0.975 bits per heavy atom. The molecule has 1 amide bonds. The van der Waals surface area contributed by atoms with E-state index in [9.17, 15) is 13.2 Å². The number of sulfonamides is 1. The summed E-state index contributed by atoms with van der Waals surface area (Å²) in [5, 5.41) is 7.23. The van der Waals surface area contributed by atoms with E-state index in [0.29, 0.717) is 22.6 Å². The standard InChI is InChI=1S/C30H34BrN5O3S/c1-30(2,22-6-4-5-20(13-22)19-36-11-9-32-10-12-36)23-15-24(31)17-26(16-23)33-29(37)28-14-21-7-8-25(18-27(21)34-28)35-40(3,38)39/h4-8,13-18,32,34-35H,9-12,19H2,1-3H3,(H,33,37). The van der Waals surface area contributed by atoms with Gasteiger partial charge in [-0.1, -0.05) is 60.1 Å². The maximum Gasteiger partial charge on any atom is 0.272 e. The molecule has 0 spiro atoms. The third kappa shape index (κ3) is 6.75. The van der Waals surface area contributed by atoms with E-state index in [2.05, 4.69) is 85.3 Å². The van der Waals surface area contributed by atoms with E-state index in [1.807, 2.05) is 12.1 Å². The van der Waals surface area contributed by atoms with Crippen LogP contribution in [-0.4, -0.2) is 56.6 Å². The predicted octanol–water partition coefficient (Wildman–Crippen LogP) is 5.29. The Balaban J connectivity index is 1.36. The van der Waals surface area contributed by atoms with Crippen LogP contribution in [0.2, 0.25) is 0 Å². The van der Waals surface area contributed by atoms with E-state index in [1.54, 1.807) is 24.3 Å². The molecule has 1 aliphatic heterocycles. The molecule has 0 atom stereocenters. The van der Waals surface area contributed by atoms with Gasteiger partial charge in [0.25, 0.3) is 5.91 Å². The molecule has 0 radical (unpaired) electrons. The Hall–Kier alpha value is -3.18. The second-order valence-corrected chi connectivity index (χ2v) is 13.6. The maximum absolute atomic E-state index is 13.2. The first-order valence-corrected chi connectivity index (χ1v) is 15.9. The smallest absolute Gasteiger partial charge is 0.272 e. The average Bonchev–Trinajstić information content (AvgIpc) is 3.32. The van der Waals surface area contributed by atoms with Gasteiger partial charge in [-0.25, -0.2) is 8.42 Å². The zero-order valence-electron chi connectivity index (χ0n) is 22.8. The third-order valence-corrected chi connectivity index (χ3v) is 8.38. The molecule has 0 aliphatic carbocycles. The number of aromatic amines is 1. The molecule has 210 valence electrons. The number of halogens is 1. The van der Waals surface area contributed by atoms with Gasteiger partial charge in [0.15, 0.2) is 0 Å². The van der Waals surface area contributed by atoms with Crippen molar-refractivity contribution in [1.29, 1.82) is 0 Å². The molecule has 0 unspecified atom stereocenters. The van der Waals surface area contributed by atoms with Gasteiger partial charge >= 0.3 is 0 Å². The van der Waals surface area contributed by atoms with Crippen LogP contribution in [0.15, 0.2) is 71.2 Å². The van der Waals surface area contributed by atoms with Crippen molar-refractivity contribution in [2.75, 3.05) is 42.5 Å². The lowest BCUT2D eigenvalue weighted by atomic mass is 9.77. The summed E-state index contributed by atoms with van der Waals surface area (Å²) in [7, 11) is -3.40. The highest BCUT2D eigenvalue weighted by molar-refractivity contribution is 9.10. The summed E-state index contributed by atoms with van der Waals surface area (Å²) in [5.41, 5.74) is 5.44. The van der Waals surface area contributed by atoms with E-state index in [1.165, 1.54) is 11.1 Å². The fourth-order valence-corrected chi connectivity index (χ4v) is 6.15. The van der Waals surface area contributed by atoms with Gasteiger partial charge in [0.1, 0.15) is 5.69 Å². The van der Waals surface area contributed by atoms with Crippen molar-refractivity contribution >= 4 is 54.1 Å². The zero-order chi connectivity index (χ0) is 28.5.